The van der Waals surface area contributed by atoms with E-state index in [1.54, 1.807) is 13.8 Å². The SMILES string of the molecule is C=C(C)C(=O)OCCCN1C(=O)C2C(C1=O)C1(COC(=O)C(=C)C)C=CC13OC23. The molecule has 2 amide bonds. The molecule has 1 spiro atoms. The Morgan fingerprint density at radius 2 is 1.76 bits per heavy atom. The van der Waals surface area contributed by atoms with Crippen molar-refractivity contribution in [2.75, 3.05) is 19.8 Å². The van der Waals surface area contributed by atoms with Gasteiger partial charge in [0.15, 0.2) is 0 Å². The molecule has 0 aromatic rings. The van der Waals surface area contributed by atoms with Gasteiger partial charge in [-0.3, -0.25) is 14.5 Å². The first-order valence-corrected chi connectivity index (χ1v) is 9.55. The Kier molecular flexibility index (Phi) is 4.31. The summed E-state index contributed by atoms with van der Waals surface area (Å²) in [6.45, 7) is 10.4. The van der Waals surface area contributed by atoms with Crippen LogP contribution < -0.4 is 0 Å². The number of ether oxygens (including phenoxy) is 3. The molecule has 2 heterocycles. The first kappa shape index (κ1) is 19.6. The van der Waals surface area contributed by atoms with Crippen molar-refractivity contribution < 1.29 is 33.4 Å². The first-order valence-electron chi connectivity index (χ1n) is 9.55. The van der Waals surface area contributed by atoms with Gasteiger partial charge in [0.2, 0.25) is 11.8 Å². The molecule has 5 unspecified atom stereocenters. The number of likely N-dealkylation sites (tertiary alicyclic amines) is 1. The maximum Gasteiger partial charge on any atom is 0.333 e. The lowest BCUT2D eigenvalue weighted by atomic mass is 9.63. The van der Waals surface area contributed by atoms with Crippen molar-refractivity contribution in [2.24, 2.45) is 17.3 Å². The Balaban J connectivity index is 1.44. The molecule has 2 aliphatic heterocycles. The highest BCUT2D eigenvalue weighted by molar-refractivity contribution is 6.08. The smallest absolute Gasteiger partial charge is 0.333 e. The molecule has 1 saturated carbocycles. The van der Waals surface area contributed by atoms with Gasteiger partial charge in [0.05, 0.1) is 23.9 Å². The van der Waals surface area contributed by atoms with Gasteiger partial charge in [-0.2, -0.15) is 0 Å². The van der Waals surface area contributed by atoms with Gasteiger partial charge < -0.3 is 14.2 Å². The number of carbonyl (C=O) groups excluding carboxylic acids is 4. The third-order valence-corrected chi connectivity index (χ3v) is 6.27. The number of amides is 2. The Labute approximate surface area is 168 Å². The number of hydrogen-bond donors (Lipinski definition) is 0. The predicted molar refractivity (Wildman–Crippen MR) is 99.0 cm³/mol. The number of imide groups is 1. The lowest BCUT2D eigenvalue weighted by Crippen LogP contribution is -2.52. The molecule has 154 valence electrons. The van der Waals surface area contributed by atoms with Gasteiger partial charge in [-0.1, -0.05) is 25.3 Å². The standard InChI is InChI=1S/C21H23NO7/c1-11(2)18(25)27-9-5-8-22-16(23)13-14(17(22)24)20(10-28-19(26)12(3)4)6-7-21(20)15(13)29-21/h6-7,13-15H,1,3,5,8-10H2,2,4H3. The van der Waals surface area contributed by atoms with Crippen LogP contribution in [0.4, 0.5) is 0 Å². The summed E-state index contributed by atoms with van der Waals surface area (Å²) in [5.41, 5.74) is -0.951. The van der Waals surface area contributed by atoms with Crippen LogP contribution in [0, 0.1) is 17.3 Å². The van der Waals surface area contributed by atoms with E-state index in [4.69, 9.17) is 14.2 Å². The van der Waals surface area contributed by atoms with Crippen molar-refractivity contribution >= 4 is 23.8 Å². The fourth-order valence-corrected chi connectivity index (χ4v) is 4.72. The molecule has 0 bridgehead atoms. The van der Waals surface area contributed by atoms with Crippen LogP contribution in [-0.2, 0) is 33.4 Å². The van der Waals surface area contributed by atoms with Crippen molar-refractivity contribution in [1.29, 1.82) is 0 Å². The Bertz CT molecular complexity index is 889. The first-order chi connectivity index (χ1) is 13.7. The number of esters is 2. The quantitative estimate of drug-likeness (QED) is 0.149. The van der Waals surface area contributed by atoms with Gasteiger partial charge in [-0.05, 0) is 20.3 Å². The minimum absolute atomic E-state index is 0.0318. The molecular formula is C21H23NO7. The van der Waals surface area contributed by atoms with Crippen molar-refractivity contribution in [3.8, 4) is 0 Å². The molecule has 8 heteroatoms. The molecule has 0 N–H and O–H groups in total. The van der Waals surface area contributed by atoms with E-state index < -0.39 is 34.8 Å². The van der Waals surface area contributed by atoms with E-state index in [1.807, 2.05) is 12.2 Å². The van der Waals surface area contributed by atoms with Gasteiger partial charge in [-0.25, -0.2) is 9.59 Å². The summed E-state index contributed by atoms with van der Waals surface area (Å²) in [5.74, 6) is -2.82. The average Bonchev–Trinajstić information content (AvgIpc) is 3.34. The molecule has 8 nitrogen and oxygen atoms in total. The lowest BCUT2D eigenvalue weighted by molar-refractivity contribution is -0.150. The fourth-order valence-electron chi connectivity index (χ4n) is 4.72. The lowest BCUT2D eigenvalue weighted by Gasteiger charge is -2.42. The van der Waals surface area contributed by atoms with Gasteiger partial charge in [0, 0.05) is 17.7 Å². The predicted octanol–water partition coefficient (Wildman–Crippen LogP) is 0.924. The summed E-state index contributed by atoms with van der Waals surface area (Å²) in [7, 11) is 0. The maximum absolute atomic E-state index is 13.1. The fraction of sp³-hybridized carbons (Fsp3) is 0.524. The molecule has 3 fully saturated rings. The third kappa shape index (κ3) is 2.55. The van der Waals surface area contributed by atoms with E-state index in [9.17, 15) is 19.2 Å². The van der Waals surface area contributed by atoms with Crippen molar-refractivity contribution in [3.63, 3.8) is 0 Å². The van der Waals surface area contributed by atoms with Gasteiger partial charge >= 0.3 is 11.9 Å². The van der Waals surface area contributed by atoms with Crippen LogP contribution in [0.5, 0.6) is 0 Å². The Hall–Kier alpha value is -2.74. The zero-order chi connectivity index (χ0) is 21.1. The van der Waals surface area contributed by atoms with E-state index in [0.29, 0.717) is 6.42 Å². The minimum Gasteiger partial charge on any atom is -0.462 e. The molecule has 5 atom stereocenters. The van der Waals surface area contributed by atoms with Crippen molar-refractivity contribution in [3.05, 3.63) is 36.5 Å². The number of epoxide rings is 1. The van der Waals surface area contributed by atoms with Crippen LogP contribution in [-0.4, -0.2) is 60.1 Å². The average molecular weight is 401 g/mol. The van der Waals surface area contributed by atoms with Crippen LogP contribution in [0.1, 0.15) is 20.3 Å². The van der Waals surface area contributed by atoms with Crippen LogP contribution in [0.2, 0.25) is 0 Å². The second-order valence-electron chi connectivity index (χ2n) is 8.16. The largest absolute Gasteiger partial charge is 0.462 e. The molecule has 4 rings (SSSR count). The van der Waals surface area contributed by atoms with Crippen LogP contribution in [0.25, 0.3) is 0 Å². The second kappa shape index (κ2) is 6.38. The minimum atomic E-state index is -0.818. The van der Waals surface area contributed by atoms with Crippen LogP contribution >= 0.6 is 0 Å². The summed E-state index contributed by atoms with van der Waals surface area (Å²) in [4.78, 5) is 50.6. The summed E-state index contributed by atoms with van der Waals surface area (Å²) in [6, 6.07) is 0. The number of carbonyl (C=O) groups is 4. The highest BCUT2D eigenvalue weighted by Crippen LogP contribution is 2.74. The highest BCUT2D eigenvalue weighted by Gasteiger charge is 2.87. The van der Waals surface area contributed by atoms with E-state index in [2.05, 4.69) is 13.2 Å². The van der Waals surface area contributed by atoms with E-state index in [0.717, 1.165) is 0 Å². The van der Waals surface area contributed by atoms with Gasteiger partial charge in [-0.15, -0.1) is 0 Å². The van der Waals surface area contributed by atoms with Crippen LogP contribution in [0.3, 0.4) is 0 Å². The molecular weight excluding hydrogens is 378 g/mol. The Morgan fingerprint density at radius 1 is 1.10 bits per heavy atom. The molecule has 4 aliphatic rings. The molecule has 0 aromatic heterocycles. The van der Waals surface area contributed by atoms with Gasteiger partial charge in [0.25, 0.3) is 0 Å². The summed E-state index contributed by atoms with van der Waals surface area (Å²) < 4.78 is 16.2. The van der Waals surface area contributed by atoms with E-state index in [-0.39, 0.29) is 48.8 Å². The highest BCUT2D eigenvalue weighted by atomic mass is 16.6. The zero-order valence-corrected chi connectivity index (χ0v) is 16.4. The molecule has 2 saturated heterocycles. The summed E-state index contributed by atoms with van der Waals surface area (Å²) >= 11 is 0. The second-order valence-corrected chi connectivity index (χ2v) is 8.16. The number of nitrogens with zero attached hydrogens (tertiary/aromatic N) is 1. The molecule has 0 aromatic carbocycles. The third-order valence-electron chi connectivity index (χ3n) is 6.27. The zero-order valence-electron chi connectivity index (χ0n) is 16.4. The normalized spacial score (nSPS) is 35.4. The van der Waals surface area contributed by atoms with Gasteiger partial charge in [0.1, 0.15) is 18.3 Å². The molecule has 29 heavy (non-hydrogen) atoms. The van der Waals surface area contributed by atoms with Crippen molar-refractivity contribution in [1.82, 2.24) is 4.90 Å². The summed E-state index contributed by atoms with van der Waals surface area (Å²) in [5, 5.41) is 0. The maximum atomic E-state index is 13.1. The Morgan fingerprint density at radius 3 is 2.34 bits per heavy atom. The molecule has 2 aliphatic carbocycles. The van der Waals surface area contributed by atoms with E-state index >= 15 is 0 Å². The van der Waals surface area contributed by atoms with E-state index in [1.165, 1.54) is 4.90 Å². The number of fused-ring (bicyclic) bond motifs is 3. The number of rotatable bonds is 8. The van der Waals surface area contributed by atoms with Crippen LogP contribution in [0.15, 0.2) is 36.5 Å². The molecule has 0 radical (unpaired) electrons. The number of hydrogen-bond acceptors (Lipinski definition) is 7. The van der Waals surface area contributed by atoms with Crippen molar-refractivity contribution in [2.45, 2.75) is 32.0 Å². The summed E-state index contributed by atoms with van der Waals surface area (Å²) in [6.07, 6.45) is 3.64. The monoisotopic (exact) mass is 401 g/mol. The topological polar surface area (TPSA) is 103 Å².